The molecule has 1 aliphatic rings. The minimum absolute atomic E-state index is 0. The molecule has 1 aromatic carbocycles. The van der Waals surface area contributed by atoms with Gasteiger partial charge < -0.3 is 5.73 Å². The largest absolute Gasteiger partial charge is 0.387 e. The van der Waals surface area contributed by atoms with Crippen LogP contribution in [0.1, 0.15) is 18.4 Å². The van der Waals surface area contributed by atoms with Crippen molar-refractivity contribution in [2.45, 2.75) is 12.8 Å². The lowest BCUT2D eigenvalue weighted by atomic mass is 10.2. The van der Waals surface area contributed by atoms with E-state index < -0.39 is 0 Å². The van der Waals surface area contributed by atoms with Gasteiger partial charge >= 0.3 is 0 Å². The van der Waals surface area contributed by atoms with Crippen molar-refractivity contribution < 1.29 is 0 Å². The van der Waals surface area contributed by atoms with E-state index in [1.165, 1.54) is 0 Å². The summed E-state index contributed by atoms with van der Waals surface area (Å²) >= 11 is 12.0. The maximum absolute atomic E-state index is 6.00. The van der Waals surface area contributed by atoms with Crippen LogP contribution in [0.5, 0.6) is 0 Å². The van der Waals surface area contributed by atoms with Gasteiger partial charge in [0.15, 0.2) is 0 Å². The Morgan fingerprint density at radius 2 is 1.88 bits per heavy atom. The Labute approximate surface area is 117 Å². The van der Waals surface area contributed by atoms with Gasteiger partial charge in [-0.05, 0) is 31.1 Å². The normalized spacial score (nSPS) is 16.0. The molecule has 0 aromatic heterocycles. The van der Waals surface area contributed by atoms with E-state index in [0.29, 0.717) is 21.8 Å². The van der Waals surface area contributed by atoms with Crippen LogP contribution in [0.4, 0.5) is 0 Å². The third-order valence-electron chi connectivity index (χ3n) is 2.46. The molecular formula is C12H13Cl3N2. The number of rotatable bonds is 3. The molecule has 0 bridgehead atoms. The third kappa shape index (κ3) is 3.91. The van der Waals surface area contributed by atoms with Gasteiger partial charge in [0, 0.05) is 27.7 Å². The fraction of sp³-hybridized carbons (Fsp3) is 0.250. The van der Waals surface area contributed by atoms with Gasteiger partial charge in [0.2, 0.25) is 0 Å². The Balaban J connectivity index is 0.00000144. The standard InChI is InChI=1S/C12H12Cl2N2.ClH/c13-10-2-1-3-11(14)9(10)6-7-16-12(15)8-4-5-8;/h1-3,6-8H,4-5H2,(H2,15,16);1H/b7-6+;. The molecule has 2 nitrogen and oxygen atoms in total. The van der Waals surface area contributed by atoms with Gasteiger partial charge in [-0.2, -0.15) is 0 Å². The maximum atomic E-state index is 6.00. The lowest BCUT2D eigenvalue weighted by Gasteiger charge is -1.99. The monoisotopic (exact) mass is 290 g/mol. The highest BCUT2D eigenvalue weighted by atomic mass is 35.5. The van der Waals surface area contributed by atoms with Crippen molar-refractivity contribution in [2.24, 2.45) is 16.6 Å². The van der Waals surface area contributed by atoms with E-state index in [9.17, 15) is 0 Å². The molecular weight excluding hydrogens is 279 g/mol. The first-order valence-electron chi connectivity index (χ1n) is 5.12. The number of hydrogen-bond donors (Lipinski definition) is 1. The molecule has 17 heavy (non-hydrogen) atoms. The van der Waals surface area contributed by atoms with E-state index in [1.807, 2.05) is 6.07 Å². The molecule has 5 heteroatoms. The smallest absolute Gasteiger partial charge is 0.102 e. The topological polar surface area (TPSA) is 38.4 Å². The van der Waals surface area contributed by atoms with Crippen molar-refractivity contribution in [3.8, 4) is 0 Å². The SMILES string of the molecule is Cl.NC(=N/C=C/c1c(Cl)cccc1Cl)C1CC1. The first kappa shape index (κ1) is 14.4. The molecule has 1 fully saturated rings. The Bertz CT molecular complexity index is 431. The van der Waals surface area contributed by atoms with Crippen LogP contribution in [0, 0.1) is 5.92 Å². The zero-order valence-corrected chi connectivity index (χ0v) is 11.4. The molecule has 0 unspecified atom stereocenters. The minimum atomic E-state index is 0. The summed E-state index contributed by atoms with van der Waals surface area (Å²) in [7, 11) is 0. The number of benzene rings is 1. The van der Waals surface area contributed by atoms with Crippen molar-refractivity contribution in [3.05, 3.63) is 40.0 Å². The highest BCUT2D eigenvalue weighted by Gasteiger charge is 2.24. The number of nitrogens with zero attached hydrogens (tertiary/aromatic N) is 1. The van der Waals surface area contributed by atoms with Gasteiger partial charge in [-0.3, -0.25) is 0 Å². The Morgan fingerprint density at radius 3 is 2.41 bits per heavy atom. The zero-order chi connectivity index (χ0) is 11.5. The number of halogens is 3. The van der Waals surface area contributed by atoms with Crippen LogP contribution >= 0.6 is 35.6 Å². The summed E-state index contributed by atoms with van der Waals surface area (Å²) < 4.78 is 0. The summed E-state index contributed by atoms with van der Waals surface area (Å²) in [5.74, 6) is 1.17. The molecule has 2 N–H and O–H groups in total. The molecule has 0 atom stereocenters. The lowest BCUT2D eigenvalue weighted by Crippen LogP contribution is -2.12. The molecule has 1 aliphatic carbocycles. The first-order chi connectivity index (χ1) is 7.68. The summed E-state index contributed by atoms with van der Waals surface area (Å²) in [4.78, 5) is 4.16. The predicted octanol–water partition coefficient (Wildman–Crippen LogP) is 4.15. The van der Waals surface area contributed by atoms with Crippen molar-refractivity contribution in [3.63, 3.8) is 0 Å². The summed E-state index contributed by atoms with van der Waals surface area (Å²) in [6.07, 6.45) is 5.73. The summed E-state index contributed by atoms with van der Waals surface area (Å²) in [6.45, 7) is 0. The molecule has 2 rings (SSSR count). The molecule has 0 saturated heterocycles. The fourth-order valence-electron chi connectivity index (χ4n) is 1.35. The first-order valence-corrected chi connectivity index (χ1v) is 5.88. The van der Waals surface area contributed by atoms with Crippen LogP contribution in [0.25, 0.3) is 6.08 Å². The van der Waals surface area contributed by atoms with Crippen LogP contribution < -0.4 is 5.73 Å². The van der Waals surface area contributed by atoms with Gasteiger partial charge in [-0.1, -0.05) is 29.3 Å². The van der Waals surface area contributed by atoms with Gasteiger partial charge in [0.25, 0.3) is 0 Å². The summed E-state index contributed by atoms with van der Waals surface area (Å²) in [6, 6.07) is 5.39. The number of hydrogen-bond acceptors (Lipinski definition) is 1. The second-order valence-electron chi connectivity index (χ2n) is 3.78. The molecule has 1 aromatic rings. The predicted molar refractivity (Wildman–Crippen MR) is 77.1 cm³/mol. The highest BCUT2D eigenvalue weighted by molar-refractivity contribution is 6.37. The molecule has 92 valence electrons. The van der Waals surface area contributed by atoms with E-state index in [0.717, 1.165) is 18.4 Å². The quantitative estimate of drug-likeness (QED) is 0.659. The van der Waals surface area contributed by atoms with Crippen LogP contribution in [0.3, 0.4) is 0 Å². The van der Waals surface area contributed by atoms with Gasteiger partial charge in [0.05, 0.1) is 0 Å². The zero-order valence-electron chi connectivity index (χ0n) is 9.07. The summed E-state index contributed by atoms with van der Waals surface area (Å²) in [5, 5.41) is 1.23. The Morgan fingerprint density at radius 1 is 1.29 bits per heavy atom. The Hall–Kier alpha value is -0.700. The van der Waals surface area contributed by atoms with E-state index >= 15 is 0 Å². The van der Waals surface area contributed by atoms with Gasteiger partial charge in [-0.15, -0.1) is 12.4 Å². The van der Waals surface area contributed by atoms with Gasteiger partial charge in [0.1, 0.15) is 5.84 Å². The van der Waals surface area contributed by atoms with Crippen molar-refractivity contribution in [1.29, 1.82) is 0 Å². The van der Waals surface area contributed by atoms with Crippen molar-refractivity contribution >= 4 is 47.5 Å². The molecule has 0 radical (unpaired) electrons. The van der Waals surface area contributed by atoms with Crippen LogP contribution in [0.2, 0.25) is 10.0 Å². The molecule has 0 heterocycles. The Kier molecular flexibility index (Phi) is 5.31. The number of amidine groups is 1. The maximum Gasteiger partial charge on any atom is 0.102 e. The van der Waals surface area contributed by atoms with Crippen molar-refractivity contribution in [2.75, 3.05) is 0 Å². The van der Waals surface area contributed by atoms with Crippen LogP contribution in [-0.2, 0) is 0 Å². The van der Waals surface area contributed by atoms with Crippen LogP contribution in [0.15, 0.2) is 29.4 Å². The van der Waals surface area contributed by atoms with Gasteiger partial charge in [-0.25, -0.2) is 4.99 Å². The second-order valence-corrected chi connectivity index (χ2v) is 4.59. The van der Waals surface area contributed by atoms with Crippen molar-refractivity contribution in [1.82, 2.24) is 0 Å². The average Bonchev–Trinajstić information content (AvgIpc) is 3.05. The fourth-order valence-corrected chi connectivity index (χ4v) is 1.88. The number of aliphatic imine (C=N–C) groups is 1. The van der Waals surface area contributed by atoms with E-state index in [-0.39, 0.29) is 12.4 Å². The highest BCUT2D eigenvalue weighted by Crippen LogP contribution is 2.29. The van der Waals surface area contributed by atoms with Crippen LogP contribution in [-0.4, -0.2) is 5.84 Å². The minimum Gasteiger partial charge on any atom is -0.387 e. The molecule has 1 saturated carbocycles. The molecule has 0 amide bonds. The second kappa shape index (κ2) is 6.29. The van der Waals surface area contributed by atoms with E-state index in [1.54, 1.807) is 24.4 Å². The lowest BCUT2D eigenvalue weighted by molar-refractivity contribution is 1.15. The molecule has 0 spiro atoms. The third-order valence-corrected chi connectivity index (χ3v) is 3.12. The number of nitrogens with two attached hydrogens (primary N) is 1. The summed E-state index contributed by atoms with van der Waals surface area (Å²) in [5.41, 5.74) is 6.53. The van der Waals surface area contributed by atoms with E-state index in [4.69, 9.17) is 28.9 Å². The molecule has 0 aliphatic heterocycles. The van der Waals surface area contributed by atoms with E-state index in [2.05, 4.69) is 4.99 Å². The average molecular weight is 292 g/mol.